The van der Waals surface area contributed by atoms with E-state index in [4.69, 9.17) is 9.47 Å². The van der Waals surface area contributed by atoms with Gasteiger partial charge in [-0.2, -0.15) is 0 Å². The van der Waals surface area contributed by atoms with Gasteiger partial charge >= 0.3 is 0 Å². The number of para-hydroxylation sites is 1. The summed E-state index contributed by atoms with van der Waals surface area (Å²) >= 11 is 1.65. The van der Waals surface area contributed by atoms with Crippen molar-refractivity contribution in [3.05, 3.63) is 53.0 Å². The molecule has 0 unspecified atom stereocenters. The van der Waals surface area contributed by atoms with Crippen LogP contribution in [0.4, 0.5) is 0 Å². The van der Waals surface area contributed by atoms with Crippen molar-refractivity contribution < 1.29 is 14.3 Å². The molecule has 0 saturated heterocycles. The normalized spacial score (nSPS) is 13.0. The second-order valence-corrected chi connectivity index (χ2v) is 6.95. The average Bonchev–Trinajstić information content (AvgIpc) is 3.07. The van der Waals surface area contributed by atoms with Gasteiger partial charge in [0, 0.05) is 19.4 Å². The molecule has 1 aliphatic rings. The molecule has 3 aromatic rings. The number of hydrogen-bond acceptors (Lipinski definition) is 5. The summed E-state index contributed by atoms with van der Waals surface area (Å²) in [5.74, 6) is 1.53. The summed E-state index contributed by atoms with van der Waals surface area (Å²) in [7, 11) is 0. The lowest BCUT2D eigenvalue weighted by atomic mass is 10.2. The maximum Gasteiger partial charge on any atom is 0.220 e. The van der Waals surface area contributed by atoms with Crippen molar-refractivity contribution in [3.8, 4) is 11.5 Å². The van der Waals surface area contributed by atoms with Crippen LogP contribution in [-0.2, 0) is 17.8 Å². The number of aromatic nitrogens is 1. The van der Waals surface area contributed by atoms with Gasteiger partial charge in [-0.25, -0.2) is 4.98 Å². The molecular weight excluding hydrogens is 336 g/mol. The van der Waals surface area contributed by atoms with Crippen LogP contribution in [0.3, 0.4) is 0 Å². The highest BCUT2D eigenvalue weighted by Gasteiger charge is 2.12. The SMILES string of the molecule is O=C(CCc1nc2ccccc2s1)NCc1ccc2c(c1)OCCO2. The highest BCUT2D eigenvalue weighted by Crippen LogP contribution is 2.30. The Morgan fingerprint density at radius 3 is 2.84 bits per heavy atom. The van der Waals surface area contributed by atoms with Crippen molar-refractivity contribution in [2.24, 2.45) is 0 Å². The molecule has 0 saturated carbocycles. The van der Waals surface area contributed by atoms with Crippen molar-refractivity contribution in [3.63, 3.8) is 0 Å². The van der Waals surface area contributed by atoms with Crippen molar-refractivity contribution >= 4 is 27.5 Å². The van der Waals surface area contributed by atoms with Crippen LogP contribution < -0.4 is 14.8 Å². The molecular formula is C19H18N2O3S. The Bertz CT molecular complexity index is 874. The number of carbonyl (C=O) groups is 1. The summed E-state index contributed by atoms with van der Waals surface area (Å²) < 4.78 is 12.2. The first-order chi connectivity index (χ1) is 12.3. The lowest BCUT2D eigenvalue weighted by Crippen LogP contribution is -2.23. The number of carbonyl (C=O) groups excluding carboxylic acids is 1. The zero-order valence-electron chi connectivity index (χ0n) is 13.7. The summed E-state index contributed by atoms with van der Waals surface area (Å²) in [5.41, 5.74) is 2.00. The molecule has 25 heavy (non-hydrogen) atoms. The number of rotatable bonds is 5. The third-order valence-electron chi connectivity index (χ3n) is 4.00. The van der Waals surface area contributed by atoms with E-state index in [1.54, 1.807) is 11.3 Å². The van der Waals surface area contributed by atoms with Crippen LogP contribution in [0.15, 0.2) is 42.5 Å². The molecule has 0 spiro atoms. The minimum atomic E-state index is 0.0224. The van der Waals surface area contributed by atoms with E-state index in [1.807, 2.05) is 36.4 Å². The molecule has 2 heterocycles. The van der Waals surface area contributed by atoms with Gasteiger partial charge in [0.25, 0.3) is 0 Å². The summed E-state index contributed by atoms with van der Waals surface area (Å²) in [5, 5.41) is 3.95. The molecule has 1 amide bonds. The summed E-state index contributed by atoms with van der Waals surface area (Å²) in [6, 6.07) is 13.8. The molecule has 0 aliphatic carbocycles. The number of amides is 1. The van der Waals surface area contributed by atoms with Gasteiger partial charge in [-0.05, 0) is 29.8 Å². The largest absolute Gasteiger partial charge is 0.486 e. The van der Waals surface area contributed by atoms with E-state index >= 15 is 0 Å². The first-order valence-corrected chi connectivity index (χ1v) is 9.09. The quantitative estimate of drug-likeness (QED) is 0.764. The van der Waals surface area contributed by atoms with Crippen LogP contribution >= 0.6 is 11.3 Å². The molecule has 0 radical (unpaired) electrons. The smallest absolute Gasteiger partial charge is 0.220 e. The van der Waals surface area contributed by atoms with E-state index in [0.717, 1.165) is 32.3 Å². The van der Waals surface area contributed by atoms with Crippen molar-refractivity contribution in [1.82, 2.24) is 10.3 Å². The third-order valence-corrected chi connectivity index (χ3v) is 5.10. The Kier molecular flexibility index (Phi) is 4.52. The number of nitrogens with zero attached hydrogens (tertiary/aromatic N) is 1. The molecule has 5 nitrogen and oxygen atoms in total. The predicted molar refractivity (Wildman–Crippen MR) is 97.2 cm³/mol. The highest BCUT2D eigenvalue weighted by atomic mass is 32.1. The third kappa shape index (κ3) is 3.74. The zero-order valence-corrected chi connectivity index (χ0v) is 14.5. The number of nitrogens with one attached hydrogen (secondary N) is 1. The maximum atomic E-state index is 12.1. The molecule has 128 valence electrons. The fourth-order valence-electron chi connectivity index (χ4n) is 2.73. The number of benzene rings is 2. The number of ether oxygens (including phenoxy) is 2. The first kappa shape index (κ1) is 15.9. The predicted octanol–water partition coefficient (Wildman–Crippen LogP) is 3.32. The number of aryl methyl sites for hydroxylation is 1. The standard InChI is InChI=1S/C19H18N2O3S/c22-18(7-8-19-21-14-3-1-2-4-17(14)25-19)20-12-13-5-6-15-16(11-13)24-10-9-23-15/h1-6,11H,7-10,12H2,(H,20,22). The summed E-state index contributed by atoms with van der Waals surface area (Å²) in [6.07, 6.45) is 1.09. The summed E-state index contributed by atoms with van der Waals surface area (Å²) in [6.45, 7) is 1.62. The Balaban J connectivity index is 1.30. The van der Waals surface area contributed by atoms with E-state index < -0.39 is 0 Å². The minimum Gasteiger partial charge on any atom is -0.486 e. The van der Waals surface area contributed by atoms with Crippen molar-refractivity contribution in [2.75, 3.05) is 13.2 Å². The van der Waals surface area contributed by atoms with Crippen molar-refractivity contribution in [1.29, 1.82) is 0 Å². The molecule has 6 heteroatoms. The van der Waals surface area contributed by atoms with Crippen LogP contribution in [-0.4, -0.2) is 24.1 Å². The van der Waals surface area contributed by atoms with Crippen LogP contribution in [0.2, 0.25) is 0 Å². The maximum absolute atomic E-state index is 12.1. The van der Waals surface area contributed by atoms with Gasteiger partial charge in [-0.3, -0.25) is 4.79 Å². The van der Waals surface area contributed by atoms with Crippen LogP contribution in [0.1, 0.15) is 17.0 Å². The lowest BCUT2D eigenvalue weighted by Gasteiger charge is -2.18. The fourth-order valence-corrected chi connectivity index (χ4v) is 3.70. The van der Waals surface area contributed by atoms with Gasteiger partial charge in [-0.15, -0.1) is 11.3 Å². The Morgan fingerprint density at radius 1 is 1.12 bits per heavy atom. The molecule has 1 N–H and O–H groups in total. The average molecular weight is 354 g/mol. The monoisotopic (exact) mass is 354 g/mol. The van der Waals surface area contributed by atoms with Crippen LogP contribution in [0.25, 0.3) is 10.2 Å². The Morgan fingerprint density at radius 2 is 1.96 bits per heavy atom. The second kappa shape index (κ2) is 7.11. The van der Waals surface area contributed by atoms with Gasteiger partial charge < -0.3 is 14.8 Å². The van der Waals surface area contributed by atoms with Crippen LogP contribution in [0, 0.1) is 0 Å². The topological polar surface area (TPSA) is 60.5 Å². The first-order valence-electron chi connectivity index (χ1n) is 8.27. The summed E-state index contributed by atoms with van der Waals surface area (Å²) in [4.78, 5) is 16.7. The fraction of sp³-hybridized carbons (Fsp3) is 0.263. The highest BCUT2D eigenvalue weighted by molar-refractivity contribution is 7.18. The molecule has 1 aromatic heterocycles. The van der Waals surface area contributed by atoms with E-state index in [1.165, 1.54) is 0 Å². The van der Waals surface area contributed by atoms with E-state index in [-0.39, 0.29) is 5.91 Å². The van der Waals surface area contributed by atoms with E-state index in [0.29, 0.717) is 32.6 Å². The van der Waals surface area contributed by atoms with E-state index in [9.17, 15) is 4.79 Å². The van der Waals surface area contributed by atoms with Gasteiger partial charge in [0.05, 0.1) is 15.2 Å². The van der Waals surface area contributed by atoms with Crippen LogP contribution in [0.5, 0.6) is 11.5 Å². The van der Waals surface area contributed by atoms with Gasteiger partial charge in [0.1, 0.15) is 13.2 Å². The van der Waals surface area contributed by atoms with Gasteiger partial charge in [0.2, 0.25) is 5.91 Å². The number of hydrogen-bond donors (Lipinski definition) is 1. The van der Waals surface area contributed by atoms with Gasteiger partial charge in [-0.1, -0.05) is 18.2 Å². The molecule has 0 atom stereocenters. The molecule has 0 fully saturated rings. The number of thiazole rings is 1. The Hall–Kier alpha value is -2.60. The van der Waals surface area contributed by atoms with E-state index in [2.05, 4.69) is 16.4 Å². The molecule has 0 bridgehead atoms. The minimum absolute atomic E-state index is 0.0224. The number of fused-ring (bicyclic) bond motifs is 2. The van der Waals surface area contributed by atoms with Crippen molar-refractivity contribution in [2.45, 2.75) is 19.4 Å². The Labute approximate surface area is 149 Å². The zero-order chi connectivity index (χ0) is 17.1. The van der Waals surface area contributed by atoms with Gasteiger partial charge in [0.15, 0.2) is 11.5 Å². The lowest BCUT2D eigenvalue weighted by molar-refractivity contribution is -0.121. The molecule has 4 rings (SSSR count). The molecule has 1 aliphatic heterocycles. The molecule has 2 aromatic carbocycles. The second-order valence-electron chi connectivity index (χ2n) is 5.83.